The molecule has 0 radical (unpaired) electrons. The van der Waals surface area contributed by atoms with E-state index in [1.54, 1.807) is 0 Å². The third-order valence-corrected chi connectivity index (χ3v) is 3.55. The lowest BCUT2D eigenvalue weighted by Gasteiger charge is -2.12. The number of aliphatic hydroxyl groups is 1. The average molecular weight is 263 g/mol. The Morgan fingerprint density at radius 3 is 2.30 bits per heavy atom. The summed E-state index contributed by atoms with van der Waals surface area (Å²) in [5.41, 5.74) is 5.15. The molecule has 2 aromatic carbocycles. The van der Waals surface area contributed by atoms with Gasteiger partial charge in [0.1, 0.15) is 6.10 Å². The van der Waals surface area contributed by atoms with E-state index in [-0.39, 0.29) is 0 Å². The molecule has 0 saturated carbocycles. The summed E-state index contributed by atoms with van der Waals surface area (Å²) in [7, 11) is 0. The van der Waals surface area contributed by atoms with Crippen LogP contribution < -0.4 is 0 Å². The zero-order valence-corrected chi connectivity index (χ0v) is 11.4. The van der Waals surface area contributed by atoms with Crippen molar-refractivity contribution in [3.05, 3.63) is 83.7 Å². The molecular formula is C18H17NO. The second-order valence-corrected chi connectivity index (χ2v) is 5.00. The maximum atomic E-state index is 10.6. The van der Waals surface area contributed by atoms with Crippen molar-refractivity contribution >= 4 is 0 Å². The molecular weight excluding hydrogens is 246 g/mol. The monoisotopic (exact) mass is 263 g/mol. The summed E-state index contributed by atoms with van der Waals surface area (Å²) in [5.74, 6) is 0. The second-order valence-electron chi connectivity index (χ2n) is 5.00. The van der Waals surface area contributed by atoms with E-state index < -0.39 is 6.10 Å². The van der Waals surface area contributed by atoms with E-state index in [0.29, 0.717) is 0 Å². The van der Waals surface area contributed by atoms with Crippen LogP contribution in [-0.2, 0) is 0 Å². The van der Waals surface area contributed by atoms with Gasteiger partial charge in [0.05, 0.1) is 0 Å². The standard InChI is InChI=1S/C18H17NO/c1-13-7-9-15(10-8-13)18(20)17-12-19-11-16(17)14-5-3-2-4-6-14/h2-12,18-20H,1H3/t18-/m1/s1. The summed E-state index contributed by atoms with van der Waals surface area (Å²) < 4.78 is 0. The van der Waals surface area contributed by atoms with Gasteiger partial charge >= 0.3 is 0 Å². The van der Waals surface area contributed by atoms with Crippen molar-refractivity contribution in [2.24, 2.45) is 0 Å². The van der Waals surface area contributed by atoms with Crippen LogP contribution >= 0.6 is 0 Å². The van der Waals surface area contributed by atoms with Crippen LogP contribution in [0.1, 0.15) is 22.8 Å². The van der Waals surface area contributed by atoms with Crippen LogP contribution in [0.4, 0.5) is 0 Å². The number of hydrogen-bond acceptors (Lipinski definition) is 1. The van der Waals surface area contributed by atoms with E-state index in [0.717, 1.165) is 22.3 Å². The Labute approximate surface area is 118 Å². The summed E-state index contributed by atoms with van der Waals surface area (Å²) in [6, 6.07) is 18.1. The average Bonchev–Trinajstić information content (AvgIpc) is 2.97. The van der Waals surface area contributed by atoms with Crippen molar-refractivity contribution in [3.8, 4) is 11.1 Å². The molecule has 0 aliphatic rings. The molecule has 1 heterocycles. The van der Waals surface area contributed by atoms with Crippen LogP contribution in [0, 0.1) is 6.92 Å². The van der Waals surface area contributed by atoms with Gasteiger partial charge in [-0.25, -0.2) is 0 Å². The fourth-order valence-corrected chi connectivity index (χ4v) is 2.40. The van der Waals surface area contributed by atoms with Gasteiger partial charge in [0.25, 0.3) is 0 Å². The van der Waals surface area contributed by atoms with Crippen LogP contribution in [0.3, 0.4) is 0 Å². The van der Waals surface area contributed by atoms with Gasteiger partial charge in [-0.2, -0.15) is 0 Å². The number of hydrogen-bond donors (Lipinski definition) is 2. The minimum absolute atomic E-state index is 0.614. The number of aromatic amines is 1. The predicted molar refractivity (Wildman–Crippen MR) is 81.5 cm³/mol. The van der Waals surface area contributed by atoms with Gasteiger partial charge < -0.3 is 10.1 Å². The molecule has 0 aliphatic carbocycles. The Balaban J connectivity index is 1.99. The maximum absolute atomic E-state index is 10.6. The van der Waals surface area contributed by atoms with Crippen molar-refractivity contribution in [3.63, 3.8) is 0 Å². The molecule has 0 unspecified atom stereocenters. The first-order valence-electron chi connectivity index (χ1n) is 6.72. The molecule has 1 atom stereocenters. The molecule has 1 aromatic heterocycles. The zero-order valence-electron chi connectivity index (χ0n) is 11.4. The summed E-state index contributed by atoms with van der Waals surface area (Å²) in [5, 5.41) is 10.6. The number of aliphatic hydroxyl groups excluding tert-OH is 1. The summed E-state index contributed by atoms with van der Waals surface area (Å²) in [6.07, 6.45) is 3.19. The first kappa shape index (κ1) is 12.7. The molecule has 0 aliphatic heterocycles. The zero-order chi connectivity index (χ0) is 13.9. The number of nitrogens with one attached hydrogen (secondary N) is 1. The third-order valence-electron chi connectivity index (χ3n) is 3.55. The van der Waals surface area contributed by atoms with Crippen LogP contribution in [0.5, 0.6) is 0 Å². The van der Waals surface area contributed by atoms with Crippen molar-refractivity contribution in [2.45, 2.75) is 13.0 Å². The van der Waals surface area contributed by atoms with Gasteiger partial charge in [-0.3, -0.25) is 0 Å². The van der Waals surface area contributed by atoms with Crippen LogP contribution in [0.15, 0.2) is 67.0 Å². The lowest BCUT2D eigenvalue weighted by atomic mass is 9.96. The smallest absolute Gasteiger partial charge is 0.106 e. The van der Waals surface area contributed by atoms with Crippen LogP contribution in [-0.4, -0.2) is 10.1 Å². The highest BCUT2D eigenvalue weighted by molar-refractivity contribution is 5.67. The van der Waals surface area contributed by atoms with E-state index in [2.05, 4.69) is 17.1 Å². The molecule has 3 rings (SSSR count). The van der Waals surface area contributed by atoms with Crippen molar-refractivity contribution in [1.29, 1.82) is 0 Å². The molecule has 0 spiro atoms. The molecule has 2 N–H and O–H groups in total. The third kappa shape index (κ3) is 2.38. The summed E-state index contributed by atoms with van der Waals surface area (Å²) >= 11 is 0. The highest BCUT2D eigenvalue weighted by atomic mass is 16.3. The second kappa shape index (κ2) is 5.35. The summed E-state index contributed by atoms with van der Waals surface area (Å²) in [4.78, 5) is 3.10. The molecule has 0 saturated heterocycles. The molecule has 20 heavy (non-hydrogen) atoms. The SMILES string of the molecule is Cc1ccc([C@@H](O)c2c[nH]cc2-c2ccccc2)cc1. The Kier molecular flexibility index (Phi) is 3.40. The van der Waals surface area contributed by atoms with E-state index in [1.165, 1.54) is 5.56 Å². The van der Waals surface area contributed by atoms with Crippen LogP contribution in [0.2, 0.25) is 0 Å². The Bertz CT molecular complexity index is 683. The van der Waals surface area contributed by atoms with E-state index in [4.69, 9.17) is 0 Å². The molecule has 2 heteroatoms. The van der Waals surface area contributed by atoms with Gasteiger partial charge in [-0.1, -0.05) is 60.2 Å². The number of H-pyrrole nitrogens is 1. The van der Waals surface area contributed by atoms with Gasteiger partial charge in [0.15, 0.2) is 0 Å². The van der Waals surface area contributed by atoms with Gasteiger partial charge in [0.2, 0.25) is 0 Å². The molecule has 0 amide bonds. The Morgan fingerprint density at radius 2 is 1.60 bits per heavy atom. The maximum Gasteiger partial charge on any atom is 0.106 e. The molecule has 2 nitrogen and oxygen atoms in total. The highest BCUT2D eigenvalue weighted by Crippen LogP contribution is 2.31. The molecule has 100 valence electrons. The predicted octanol–water partition coefficient (Wildman–Crippen LogP) is 4.07. The minimum Gasteiger partial charge on any atom is -0.384 e. The first-order valence-corrected chi connectivity index (χ1v) is 6.72. The molecule has 0 bridgehead atoms. The van der Waals surface area contributed by atoms with E-state index >= 15 is 0 Å². The van der Waals surface area contributed by atoms with Crippen molar-refractivity contribution in [2.75, 3.05) is 0 Å². The van der Waals surface area contributed by atoms with E-state index in [9.17, 15) is 5.11 Å². The lowest BCUT2D eigenvalue weighted by molar-refractivity contribution is 0.221. The summed E-state index contributed by atoms with van der Waals surface area (Å²) in [6.45, 7) is 2.04. The Morgan fingerprint density at radius 1 is 0.900 bits per heavy atom. The fraction of sp³-hybridized carbons (Fsp3) is 0.111. The van der Waals surface area contributed by atoms with Gasteiger partial charge in [-0.05, 0) is 18.1 Å². The normalized spacial score (nSPS) is 12.3. The fourth-order valence-electron chi connectivity index (χ4n) is 2.40. The topological polar surface area (TPSA) is 36.0 Å². The van der Waals surface area contributed by atoms with Gasteiger partial charge in [0, 0.05) is 23.5 Å². The lowest BCUT2D eigenvalue weighted by Crippen LogP contribution is -1.99. The number of benzene rings is 2. The van der Waals surface area contributed by atoms with Crippen molar-refractivity contribution < 1.29 is 5.11 Å². The quantitative estimate of drug-likeness (QED) is 0.734. The van der Waals surface area contributed by atoms with Crippen molar-refractivity contribution in [1.82, 2.24) is 4.98 Å². The Hall–Kier alpha value is -2.32. The number of aryl methyl sites for hydroxylation is 1. The largest absolute Gasteiger partial charge is 0.384 e. The number of rotatable bonds is 3. The minimum atomic E-state index is -0.614. The molecule has 3 aromatic rings. The van der Waals surface area contributed by atoms with Gasteiger partial charge in [-0.15, -0.1) is 0 Å². The first-order chi connectivity index (χ1) is 9.75. The number of aromatic nitrogens is 1. The van der Waals surface area contributed by atoms with Crippen LogP contribution in [0.25, 0.3) is 11.1 Å². The van der Waals surface area contributed by atoms with E-state index in [1.807, 2.05) is 61.8 Å². The highest BCUT2D eigenvalue weighted by Gasteiger charge is 2.16. The molecule has 0 fully saturated rings.